The lowest BCUT2D eigenvalue weighted by atomic mass is 10.00. The van der Waals surface area contributed by atoms with Crippen molar-refractivity contribution in [3.63, 3.8) is 0 Å². The molecule has 4 heteroatoms. The molecule has 0 atom stereocenters. The average molecular weight is 231 g/mol. The van der Waals surface area contributed by atoms with Crippen molar-refractivity contribution in [2.75, 3.05) is 5.73 Å². The van der Waals surface area contributed by atoms with E-state index in [2.05, 4.69) is 24.0 Å². The lowest BCUT2D eigenvalue weighted by molar-refractivity contribution is 0.799. The second-order valence-electron chi connectivity index (χ2n) is 4.54. The first-order chi connectivity index (χ1) is 8.08. The van der Waals surface area contributed by atoms with Crippen LogP contribution in [0.5, 0.6) is 0 Å². The average Bonchev–Trinajstić information content (AvgIpc) is 2.64. The molecule has 0 saturated carbocycles. The highest BCUT2D eigenvalue weighted by Gasteiger charge is 2.13. The number of hydrogen-bond donors (Lipinski definition) is 3. The first-order valence-corrected chi connectivity index (χ1v) is 5.71. The molecule has 0 aliphatic heterocycles. The Labute approximate surface area is 99.8 Å². The van der Waals surface area contributed by atoms with Gasteiger partial charge in [0.05, 0.1) is 0 Å². The number of aromatic nitrogens is 2. The Morgan fingerprint density at radius 3 is 2.41 bits per heavy atom. The van der Waals surface area contributed by atoms with E-state index in [-0.39, 0.29) is 5.56 Å². The van der Waals surface area contributed by atoms with Crippen LogP contribution in [-0.2, 0) is 6.42 Å². The molecular formula is C13H17N3O. The third kappa shape index (κ3) is 2.41. The van der Waals surface area contributed by atoms with Gasteiger partial charge in [0.1, 0.15) is 0 Å². The van der Waals surface area contributed by atoms with E-state index < -0.39 is 0 Å². The topological polar surface area (TPSA) is 74.7 Å². The van der Waals surface area contributed by atoms with E-state index >= 15 is 0 Å². The van der Waals surface area contributed by atoms with E-state index in [1.54, 1.807) is 0 Å². The molecule has 4 nitrogen and oxygen atoms in total. The zero-order valence-corrected chi connectivity index (χ0v) is 10.1. The standard InChI is InChI=1S/C13H17N3O/c1-8(2)12-11(13(17)16-15-12)7-9-3-5-10(14)6-4-9/h3-6,8H,7,14H2,1-2H3,(H2,15,16,17). The summed E-state index contributed by atoms with van der Waals surface area (Å²) in [5.74, 6) is 0.303. The van der Waals surface area contributed by atoms with Gasteiger partial charge >= 0.3 is 0 Å². The van der Waals surface area contributed by atoms with Crippen LogP contribution in [0.2, 0.25) is 0 Å². The molecule has 2 aromatic rings. The maximum absolute atomic E-state index is 11.7. The molecule has 0 spiro atoms. The Morgan fingerprint density at radius 2 is 1.82 bits per heavy atom. The molecule has 0 radical (unpaired) electrons. The van der Waals surface area contributed by atoms with Crippen molar-refractivity contribution in [2.24, 2.45) is 0 Å². The summed E-state index contributed by atoms with van der Waals surface area (Å²) < 4.78 is 0. The lowest BCUT2D eigenvalue weighted by Gasteiger charge is -2.05. The minimum atomic E-state index is -0.0366. The van der Waals surface area contributed by atoms with Crippen molar-refractivity contribution in [2.45, 2.75) is 26.2 Å². The summed E-state index contributed by atoms with van der Waals surface area (Å²) in [5.41, 5.74) is 9.21. The highest BCUT2D eigenvalue weighted by Crippen LogP contribution is 2.17. The molecule has 0 amide bonds. The molecule has 1 aromatic carbocycles. The van der Waals surface area contributed by atoms with Crippen molar-refractivity contribution < 1.29 is 0 Å². The maximum atomic E-state index is 11.7. The Kier molecular flexibility index (Phi) is 3.04. The zero-order chi connectivity index (χ0) is 12.4. The molecule has 2 rings (SSSR count). The van der Waals surface area contributed by atoms with Gasteiger partial charge in [0.2, 0.25) is 0 Å². The van der Waals surface area contributed by atoms with Crippen LogP contribution in [0.15, 0.2) is 29.1 Å². The number of aromatic amines is 2. The van der Waals surface area contributed by atoms with Gasteiger partial charge in [-0.2, -0.15) is 0 Å². The van der Waals surface area contributed by atoms with E-state index in [0.29, 0.717) is 12.3 Å². The zero-order valence-electron chi connectivity index (χ0n) is 10.1. The number of nitrogens with one attached hydrogen (secondary N) is 2. The van der Waals surface area contributed by atoms with Gasteiger partial charge in [0.25, 0.3) is 5.56 Å². The molecule has 90 valence electrons. The molecule has 0 fully saturated rings. The number of hydrogen-bond acceptors (Lipinski definition) is 2. The van der Waals surface area contributed by atoms with Gasteiger partial charge in [-0.15, -0.1) is 0 Å². The van der Waals surface area contributed by atoms with Crippen molar-refractivity contribution in [3.8, 4) is 0 Å². The van der Waals surface area contributed by atoms with E-state index in [4.69, 9.17) is 5.73 Å². The first kappa shape index (κ1) is 11.5. The molecule has 0 unspecified atom stereocenters. The van der Waals surface area contributed by atoms with Gasteiger partial charge in [-0.05, 0) is 23.6 Å². The van der Waals surface area contributed by atoms with Crippen LogP contribution in [0, 0.1) is 0 Å². The number of benzene rings is 1. The summed E-state index contributed by atoms with van der Waals surface area (Å²) in [6.07, 6.45) is 0.632. The summed E-state index contributed by atoms with van der Waals surface area (Å²) >= 11 is 0. The normalized spacial score (nSPS) is 11.0. The summed E-state index contributed by atoms with van der Waals surface area (Å²) in [6, 6.07) is 7.61. The fourth-order valence-corrected chi connectivity index (χ4v) is 1.91. The fraction of sp³-hybridized carbons (Fsp3) is 0.308. The predicted octanol–water partition coefficient (Wildman–Crippen LogP) is 2.00. The van der Waals surface area contributed by atoms with Crippen LogP contribution in [0.25, 0.3) is 0 Å². The van der Waals surface area contributed by atoms with Gasteiger partial charge in [-0.25, -0.2) is 0 Å². The number of H-pyrrole nitrogens is 2. The smallest absolute Gasteiger partial charge is 0.267 e. The summed E-state index contributed by atoms with van der Waals surface area (Å²) in [6.45, 7) is 4.12. The Bertz CT molecular complexity index is 549. The molecule has 0 saturated heterocycles. The molecule has 1 aromatic heterocycles. The van der Waals surface area contributed by atoms with Crippen molar-refractivity contribution in [1.82, 2.24) is 10.2 Å². The van der Waals surface area contributed by atoms with E-state index in [0.717, 1.165) is 22.5 Å². The van der Waals surface area contributed by atoms with Crippen molar-refractivity contribution in [1.29, 1.82) is 0 Å². The lowest BCUT2D eigenvalue weighted by Crippen LogP contribution is -2.08. The molecule has 1 heterocycles. The number of nitrogens with two attached hydrogens (primary N) is 1. The minimum absolute atomic E-state index is 0.0366. The highest BCUT2D eigenvalue weighted by atomic mass is 16.1. The molecule has 0 bridgehead atoms. The third-order valence-electron chi connectivity index (χ3n) is 2.85. The van der Waals surface area contributed by atoms with Gasteiger partial charge in [0, 0.05) is 23.4 Å². The fourth-order valence-electron chi connectivity index (χ4n) is 1.91. The molecule has 4 N–H and O–H groups in total. The molecule has 0 aliphatic rings. The van der Waals surface area contributed by atoms with E-state index in [9.17, 15) is 4.79 Å². The van der Waals surface area contributed by atoms with Crippen molar-refractivity contribution >= 4 is 5.69 Å². The third-order valence-corrected chi connectivity index (χ3v) is 2.85. The first-order valence-electron chi connectivity index (χ1n) is 5.71. The van der Waals surface area contributed by atoms with E-state index in [1.807, 2.05) is 24.3 Å². The quantitative estimate of drug-likeness (QED) is 0.707. The van der Waals surface area contributed by atoms with Crippen LogP contribution in [-0.4, -0.2) is 10.2 Å². The molecule has 0 aliphatic carbocycles. The largest absolute Gasteiger partial charge is 0.399 e. The van der Waals surface area contributed by atoms with Crippen LogP contribution in [0.3, 0.4) is 0 Å². The minimum Gasteiger partial charge on any atom is -0.399 e. The summed E-state index contributed by atoms with van der Waals surface area (Å²) in [7, 11) is 0. The number of nitrogen functional groups attached to an aromatic ring is 1. The van der Waals surface area contributed by atoms with Crippen LogP contribution in [0.1, 0.15) is 36.6 Å². The van der Waals surface area contributed by atoms with Gasteiger partial charge in [0.15, 0.2) is 0 Å². The van der Waals surface area contributed by atoms with Crippen molar-refractivity contribution in [3.05, 3.63) is 51.4 Å². The van der Waals surface area contributed by atoms with E-state index in [1.165, 1.54) is 0 Å². The van der Waals surface area contributed by atoms with Crippen LogP contribution in [0.4, 0.5) is 5.69 Å². The summed E-state index contributed by atoms with van der Waals surface area (Å²) in [4.78, 5) is 11.7. The summed E-state index contributed by atoms with van der Waals surface area (Å²) in [5, 5.41) is 5.59. The Hall–Kier alpha value is -1.97. The number of anilines is 1. The van der Waals surface area contributed by atoms with Gasteiger partial charge in [-0.1, -0.05) is 26.0 Å². The van der Waals surface area contributed by atoms with Gasteiger partial charge < -0.3 is 10.8 Å². The Balaban J connectivity index is 2.32. The predicted molar refractivity (Wildman–Crippen MR) is 69.2 cm³/mol. The monoisotopic (exact) mass is 231 g/mol. The second kappa shape index (κ2) is 4.49. The maximum Gasteiger partial charge on any atom is 0.267 e. The van der Waals surface area contributed by atoms with Crippen LogP contribution < -0.4 is 11.3 Å². The second-order valence-corrected chi connectivity index (χ2v) is 4.54. The molecular weight excluding hydrogens is 214 g/mol. The molecule has 17 heavy (non-hydrogen) atoms. The SMILES string of the molecule is CC(C)c1[nH][nH]c(=O)c1Cc1ccc(N)cc1. The van der Waals surface area contributed by atoms with Gasteiger partial charge in [-0.3, -0.25) is 9.89 Å². The van der Waals surface area contributed by atoms with Crippen LogP contribution >= 0.6 is 0 Å². The Morgan fingerprint density at radius 1 is 1.18 bits per heavy atom. The number of rotatable bonds is 3. The highest BCUT2D eigenvalue weighted by molar-refractivity contribution is 5.40.